The van der Waals surface area contributed by atoms with Crippen molar-refractivity contribution in [2.24, 2.45) is 0 Å². The summed E-state index contributed by atoms with van der Waals surface area (Å²) in [6.45, 7) is 5.18. The fraction of sp³-hybridized carbons (Fsp3) is 0.650. The summed E-state index contributed by atoms with van der Waals surface area (Å²) in [7, 11) is 3.92. The van der Waals surface area contributed by atoms with Crippen molar-refractivity contribution in [3.63, 3.8) is 0 Å². The number of rotatable bonds is 6. The number of phenolic OH excluding ortho intramolecular Hbond substituents is 1. The number of carboxylic acid groups (broad SMARTS) is 1. The number of carbonyl (C=O) groups is 1. The first-order valence-electron chi connectivity index (χ1n) is 9.80. The van der Waals surface area contributed by atoms with Crippen molar-refractivity contribution in [3.05, 3.63) is 27.8 Å². The first-order valence-corrected chi connectivity index (χ1v) is 9.80. The second-order valence-corrected chi connectivity index (χ2v) is 7.96. The number of anilines is 1. The van der Waals surface area contributed by atoms with E-state index in [9.17, 15) is 20.0 Å². The van der Waals surface area contributed by atoms with Gasteiger partial charge in [0.1, 0.15) is 11.4 Å². The van der Waals surface area contributed by atoms with Crippen molar-refractivity contribution >= 4 is 17.3 Å². The smallest absolute Gasteiger partial charge is 0.303 e. The second kappa shape index (κ2) is 8.77. The number of hydrogen-bond acceptors (Lipinski definition) is 6. The SMILES string of the molecule is CCCCCCC(=O)O.CN1CC[C@@]2(C)c3cc(O)cc([N+](=O)[O-])c3N(C)[C@@H]12. The molecule has 8 nitrogen and oxygen atoms in total. The third kappa shape index (κ3) is 4.22. The number of carboxylic acids is 1. The van der Waals surface area contributed by atoms with Gasteiger partial charge in [-0.25, -0.2) is 0 Å². The lowest BCUT2D eigenvalue weighted by Gasteiger charge is -2.32. The van der Waals surface area contributed by atoms with Crippen LogP contribution in [0.3, 0.4) is 0 Å². The van der Waals surface area contributed by atoms with Gasteiger partial charge in [0.2, 0.25) is 0 Å². The summed E-state index contributed by atoms with van der Waals surface area (Å²) in [4.78, 5) is 24.9. The lowest BCUT2D eigenvalue weighted by Crippen LogP contribution is -2.45. The van der Waals surface area contributed by atoms with Gasteiger partial charge in [0.15, 0.2) is 0 Å². The molecule has 1 fully saturated rings. The van der Waals surface area contributed by atoms with Gasteiger partial charge < -0.3 is 15.1 Å². The maximum Gasteiger partial charge on any atom is 0.303 e. The topological polar surface area (TPSA) is 107 Å². The molecule has 0 bridgehead atoms. The Morgan fingerprint density at radius 1 is 1.32 bits per heavy atom. The van der Waals surface area contributed by atoms with Crippen LogP contribution >= 0.6 is 0 Å². The number of fused-ring (bicyclic) bond motifs is 3. The number of nitro benzene ring substituents is 1. The quantitative estimate of drug-likeness (QED) is 0.431. The maximum absolute atomic E-state index is 11.2. The summed E-state index contributed by atoms with van der Waals surface area (Å²) in [6, 6.07) is 2.91. The van der Waals surface area contributed by atoms with Crippen molar-refractivity contribution in [2.75, 3.05) is 25.5 Å². The highest BCUT2D eigenvalue weighted by atomic mass is 16.6. The van der Waals surface area contributed by atoms with Gasteiger partial charge >= 0.3 is 5.97 Å². The number of nitrogens with zero attached hydrogens (tertiary/aromatic N) is 3. The normalized spacial score (nSPS) is 23.0. The van der Waals surface area contributed by atoms with Crippen LogP contribution in [0.25, 0.3) is 0 Å². The van der Waals surface area contributed by atoms with Crippen LogP contribution in [0.1, 0.15) is 57.9 Å². The fourth-order valence-electron chi connectivity index (χ4n) is 4.52. The van der Waals surface area contributed by atoms with Crippen LogP contribution in [0, 0.1) is 10.1 Å². The van der Waals surface area contributed by atoms with Crippen LogP contribution in [0.4, 0.5) is 11.4 Å². The number of hydrogen-bond donors (Lipinski definition) is 2. The number of aliphatic carboxylic acids is 1. The van der Waals surface area contributed by atoms with E-state index in [1.54, 1.807) is 6.07 Å². The Labute approximate surface area is 165 Å². The average Bonchev–Trinajstić information content (AvgIpc) is 3.04. The Morgan fingerprint density at radius 2 is 2.00 bits per heavy atom. The molecule has 1 saturated heterocycles. The molecule has 0 spiro atoms. The van der Waals surface area contributed by atoms with Gasteiger partial charge in [-0.1, -0.05) is 33.1 Å². The van der Waals surface area contributed by atoms with Gasteiger partial charge in [0.25, 0.3) is 5.69 Å². The Balaban J connectivity index is 0.000000266. The van der Waals surface area contributed by atoms with Gasteiger partial charge in [0, 0.05) is 25.4 Å². The van der Waals surface area contributed by atoms with Crippen LogP contribution in [0.2, 0.25) is 0 Å². The molecular weight excluding hydrogens is 362 g/mol. The molecule has 2 N–H and O–H groups in total. The van der Waals surface area contributed by atoms with Crippen molar-refractivity contribution in [1.82, 2.24) is 4.90 Å². The zero-order chi connectivity index (χ0) is 21.1. The number of phenols is 1. The average molecular weight is 393 g/mol. The highest BCUT2D eigenvalue weighted by molar-refractivity contribution is 5.76. The molecule has 1 aromatic rings. The third-order valence-corrected chi connectivity index (χ3v) is 5.82. The standard InChI is InChI=1S/C13H17N3O3.C7H14O2/c1-13-4-5-14(2)12(13)15(3)11-9(13)6-8(17)7-10(11)16(18)19;1-2-3-4-5-6-7(8)9/h6-7,12,17H,4-5H2,1-3H3;2-6H2,1H3,(H,8,9)/t12-,13+;/m1./s1. The molecule has 0 saturated carbocycles. The van der Waals surface area contributed by atoms with E-state index < -0.39 is 10.9 Å². The van der Waals surface area contributed by atoms with E-state index >= 15 is 0 Å². The predicted molar refractivity (Wildman–Crippen MR) is 108 cm³/mol. The molecule has 3 rings (SSSR count). The molecule has 0 aromatic heterocycles. The van der Waals surface area contributed by atoms with E-state index in [4.69, 9.17) is 5.11 Å². The largest absolute Gasteiger partial charge is 0.508 e. The van der Waals surface area contributed by atoms with E-state index in [0.29, 0.717) is 12.1 Å². The molecule has 2 aliphatic rings. The summed E-state index contributed by atoms with van der Waals surface area (Å²) in [6.07, 6.45) is 5.60. The maximum atomic E-state index is 11.2. The molecule has 2 aliphatic heterocycles. The molecule has 2 atom stereocenters. The van der Waals surface area contributed by atoms with Gasteiger partial charge in [0.05, 0.1) is 17.2 Å². The van der Waals surface area contributed by atoms with Gasteiger partial charge in [-0.3, -0.25) is 19.8 Å². The number of likely N-dealkylation sites (N-methyl/N-ethyl adjacent to an activating group) is 2. The van der Waals surface area contributed by atoms with Crippen LogP contribution in [-0.4, -0.2) is 52.8 Å². The molecule has 28 heavy (non-hydrogen) atoms. The number of likely N-dealkylation sites (tertiary alicyclic amines) is 1. The van der Waals surface area contributed by atoms with E-state index in [0.717, 1.165) is 37.8 Å². The number of aromatic hydroxyl groups is 1. The monoisotopic (exact) mass is 393 g/mol. The molecule has 0 aliphatic carbocycles. The highest BCUT2D eigenvalue weighted by Gasteiger charge is 2.54. The Morgan fingerprint density at radius 3 is 2.57 bits per heavy atom. The van der Waals surface area contributed by atoms with E-state index in [-0.39, 0.29) is 23.0 Å². The van der Waals surface area contributed by atoms with Gasteiger partial charge in [-0.15, -0.1) is 0 Å². The summed E-state index contributed by atoms with van der Waals surface area (Å²) < 4.78 is 0. The van der Waals surface area contributed by atoms with Crippen LogP contribution in [0.5, 0.6) is 5.75 Å². The molecule has 8 heteroatoms. The zero-order valence-corrected chi connectivity index (χ0v) is 17.1. The Hall–Kier alpha value is -2.35. The van der Waals surface area contributed by atoms with Crippen molar-refractivity contribution in [3.8, 4) is 5.75 Å². The fourth-order valence-corrected chi connectivity index (χ4v) is 4.52. The first kappa shape index (κ1) is 21.9. The molecular formula is C20H31N3O5. The first-order chi connectivity index (χ1) is 13.1. The summed E-state index contributed by atoms with van der Waals surface area (Å²) in [5, 5.41) is 29.2. The lowest BCUT2D eigenvalue weighted by atomic mass is 9.81. The molecule has 0 amide bonds. The number of unbranched alkanes of at least 4 members (excludes halogenated alkanes) is 3. The molecule has 1 aromatic carbocycles. The van der Waals surface area contributed by atoms with E-state index in [2.05, 4.69) is 18.7 Å². The molecule has 2 heterocycles. The van der Waals surface area contributed by atoms with Crippen LogP contribution < -0.4 is 4.90 Å². The van der Waals surface area contributed by atoms with E-state index in [1.165, 1.54) is 12.5 Å². The minimum atomic E-state index is -0.675. The van der Waals surface area contributed by atoms with Crippen molar-refractivity contribution in [2.45, 2.75) is 64.0 Å². The van der Waals surface area contributed by atoms with E-state index in [1.807, 2.05) is 19.0 Å². The third-order valence-electron chi connectivity index (χ3n) is 5.82. The van der Waals surface area contributed by atoms with Crippen molar-refractivity contribution in [1.29, 1.82) is 0 Å². The van der Waals surface area contributed by atoms with Crippen LogP contribution in [-0.2, 0) is 10.2 Å². The number of benzene rings is 1. The summed E-state index contributed by atoms with van der Waals surface area (Å²) in [5.74, 6) is -0.707. The second-order valence-electron chi connectivity index (χ2n) is 7.96. The highest BCUT2D eigenvalue weighted by Crippen LogP contribution is 2.54. The molecule has 156 valence electrons. The van der Waals surface area contributed by atoms with Gasteiger partial charge in [-0.05, 0) is 31.5 Å². The zero-order valence-electron chi connectivity index (χ0n) is 17.1. The number of nitro groups is 1. The van der Waals surface area contributed by atoms with Crippen LogP contribution in [0.15, 0.2) is 12.1 Å². The Kier molecular flexibility index (Phi) is 6.87. The predicted octanol–water partition coefficient (Wildman–Crippen LogP) is 3.71. The molecule has 0 radical (unpaired) electrons. The Bertz CT molecular complexity index is 739. The van der Waals surface area contributed by atoms with Gasteiger partial charge in [-0.2, -0.15) is 0 Å². The molecule has 0 unspecified atom stereocenters. The lowest BCUT2D eigenvalue weighted by molar-refractivity contribution is -0.384. The minimum absolute atomic E-state index is 0.0125. The summed E-state index contributed by atoms with van der Waals surface area (Å²) >= 11 is 0. The minimum Gasteiger partial charge on any atom is -0.508 e. The van der Waals surface area contributed by atoms with Crippen molar-refractivity contribution < 1.29 is 19.9 Å². The summed E-state index contributed by atoms with van der Waals surface area (Å²) in [5.41, 5.74) is 1.35.